The number of hydrogen-bond acceptors (Lipinski definition) is 5. The highest BCUT2D eigenvalue weighted by Gasteiger charge is 2.22. The highest BCUT2D eigenvalue weighted by Crippen LogP contribution is 2.28. The molecule has 1 aliphatic heterocycles. The molecule has 35 heavy (non-hydrogen) atoms. The second-order valence-electron chi connectivity index (χ2n) is 8.60. The molecule has 1 aliphatic rings. The topological polar surface area (TPSA) is 98.1 Å². The van der Waals surface area contributed by atoms with Crippen molar-refractivity contribution in [2.24, 2.45) is 0 Å². The number of pyridine rings is 1. The standard InChI is InChI=1S/C27H27N5O3/c1-18(33)31-24-15-20(27(34)29-16-25-22-8-3-2-6-19(22)10-13-35-25)14-23-26(24)32(17-30-23)12-9-21-7-4-5-11-28-21/h2-8,11,14-15,17,25H,9-10,12-13,16H2,1H3,(H,29,34)(H,31,33)/t25-/m1/s1. The van der Waals surface area contributed by atoms with E-state index in [4.69, 9.17) is 4.74 Å². The molecule has 0 radical (unpaired) electrons. The zero-order valence-electron chi connectivity index (χ0n) is 19.5. The van der Waals surface area contributed by atoms with E-state index in [-0.39, 0.29) is 17.9 Å². The Morgan fingerprint density at radius 1 is 1.11 bits per heavy atom. The molecule has 3 heterocycles. The number of hydrogen-bond donors (Lipinski definition) is 2. The normalized spacial score (nSPS) is 14.9. The van der Waals surface area contributed by atoms with Crippen molar-refractivity contribution in [3.63, 3.8) is 0 Å². The van der Waals surface area contributed by atoms with E-state index in [1.807, 2.05) is 41.0 Å². The maximum absolute atomic E-state index is 13.1. The molecule has 0 aliphatic carbocycles. The van der Waals surface area contributed by atoms with E-state index in [1.54, 1.807) is 24.7 Å². The number of amides is 2. The number of carbonyl (C=O) groups is 2. The number of anilines is 1. The smallest absolute Gasteiger partial charge is 0.251 e. The third-order valence-corrected chi connectivity index (χ3v) is 6.16. The largest absolute Gasteiger partial charge is 0.371 e. The van der Waals surface area contributed by atoms with Crippen LogP contribution in [-0.2, 0) is 28.9 Å². The van der Waals surface area contributed by atoms with Crippen LogP contribution < -0.4 is 10.6 Å². The van der Waals surface area contributed by atoms with Crippen molar-refractivity contribution >= 4 is 28.5 Å². The minimum Gasteiger partial charge on any atom is -0.371 e. The first kappa shape index (κ1) is 22.7. The number of carbonyl (C=O) groups excluding carboxylic acids is 2. The van der Waals surface area contributed by atoms with E-state index in [9.17, 15) is 9.59 Å². The van der Waals surface area contributed by atoms with Crippen LogP contribution in [0.25, 0.3) is 11.0 Å². The average molecular weight is 470 g/mol. The van der Waals surface area contributed by atoms with Gasteiger partial charge in [0.15, 0.2) is 0 Å². The van der Waals surface area contributed by atoms with Gasteiger partial charge in [0.2, 0.25) is 5.91 Å². The Morgan fingerprint density at radius 2 is 1.97 bits per heavy atom. The van der Waals surface area contributed by atoms with Crippen molar-refractivity contribution in [1.82, 2.24) is 19.9 Å². The van der Waals surface area contributed by atoms with Gasteiger partial charge in [0, 0.05) is 43.9 Å². The second kappa shape index (κ2) is 10.1. The predicted molar refractivity (Wildman–Crippen MR) is 133 cm³/mol. The first-order valence-electron chi connectivity index (χ1n) is 11.7. The third kappa shape index (κ3) is 5.07. The third-order valence-electron chi connectivity index (χ3n) is 6.16. The molecule has 0 unspecified atom stereocenters. The fourth-order valence-corrected chi connectivity index (χ4v) is 4.51. The summed E-state index contributed by atoms with van der Waals surface area (Å²) < 4.78 is 7.89. The lowest BCUT2D eigenvalue weighted by atomic mass is 9.97. The molecule has 4 aromatic rings. The summed E-state index contributed by atoms with van der Waals surface area (Å²) in [6.07, 6.45) is 4.91. The van der Waals surface area contributed by atoms with Crippen molar-refractivity contribution in [1.29, 1.82) is 0 Å². The molecule has 0 saturated heterocycles. The molecule has 8 heteroatoms. The van der Waals surface area contributed by atoms with Crippen molar-refractivity contribution in [3.05, 3.63) is 89.5 Å². The number of ether oxygens (including phenoxy) is 1. The van der Waals surface area contributed by atoms with Crippen LogP contribution in [0.5, 0.6) is 0 Å². The van der Waals surface area contributed by atoms with Crippen LogP contribution in [0.4, 0.5) is 5.69 Å². The Balaban J connectivity index is 1.36. The number of nitrogens with one attached hydrogen (secondary N) is 2. The summed E-state index contributed by atoms with van der Waals surface area (Å²) in [4.78, 5) is 33.9. The lowest BCUT2D eigenvalue weighted by Crippen LogP contribution is -2.32. The van der Waals surface area contributed by atoms with Crippen molar-refractivity contribution in [2.75, 3.05) is 18.5 Å². The summed E-state index contributed by atoms with van der Waals surface area (Å²) in [6, 6.07) is 17.4. The fraction of sp³-hybridized carbons (Fsp3) is 0.259. The van der Waals surface area contributed by atoms with Crippen LogP contribution >= 0.6 is 0 Å². The Bertz CT molecular complexity index is 1370. The highest BCUT2D eigenvalue weighted by molar-refractivity contribution is 6.05. The maximum Gasteiger partial charge on any atom is 0.251 e. The van der Waals surface area contributed by atoms with Crippen LogP contribution in [0.2, 0.25) is 0 Å². The lowest BCUT2D eigenvalue weighted by molar-refractivity contribution is -0.114. The molecule has 0 spiro atoms. The minimum absolute atomic E-state index is 0.187. The summed E-state index contributed by atoms with van der Waals surface area (Å²) >= 11 is 0. The van der Waals surface area contributed by atoms with Gasteiger partial charge in [0.25, 0.3) is 5.91 Å². The number of imidazole rings is 1. The molecule has 0 bridgehead atoms. The van der Waals surface area contributed by atoms with E-state index < -0.39 is 0 Å². The lowest BCUT2D eigenvalue weighted by Gasteiger charge is -2.26. The highest BCUT2D eigenvalue weighted by atomic mass is 16.5. The summed E-state index contributed by atoms with van der Waals surface area (Å²) in [6.45, 7) is 3.09. The number of nitrogens with zero attached hydrogens (tertiary/aromatic N) is 3. The van der Waals surface area contributed by atoms with E-state index in [0.29, 0.717) is 36.5 Å². The summed E-state index contributed by atoms with van der Waals surface area (Å²) in [5.74, 6) is -0.457. The zero-order chi connectivity index (χ0) is 24.2. The number of rotatable bonds is 7. The van der Waals surface area contributed by atoms with Crippen molar-refractivity contribution < 1.29 is 14.3 Å². The van der Waals surface area contributed by atoms with Gasteiger partial charge in [-0.3, -0.25) is 14.6 Å². The summed E-state index contributed by atoms with van der Waals surface area (Å²) in [7, 11) is 0. The Morgan fingerprint density at radius 3 is 2.80 bits per heavy atom. The van der Waals surface area contributed by atoms with Crippen LogP contribution in [0.15, 0.2) is 67.1 Å². The first-order chi connectivity index (χ1) is 17.1. The van der Waals surface area contributed by atoms with Crippen molar-refractivity contribution in [2.45, 2.75) is 32.4 Å². The summed E-state index contributed by atoms with van der Waals surface area (Å²) in [5, 5.41) is 5.85. The van der Waals surface area contributed by atoms with Crippen LogP contribution in [0.3, 0.4) is 0 Å². The van der Waals surface area contributed by atoms with Gasteiger partial charge in [-0.1, -0.05) is 30.3 Å². The van der Waals surface area contributed by atoms with Gasteiger partial charge in [0.05, 0.1) is 29.7 Å². The van der Waals surface area contributed by atoms with Gasteiger partial charge < -0.3 is 19.9 Å². The maximum atomic E-state index is 13.1. The molecule has 8 nitrogen and oxygen atoms in total. The van der Waals surface area contributed by atoms with Crippen molar-refractivity contribution in [3.8, 4) is 0 Å². The van der Waals surface area contributed by atoms with E-state index in [2.05, 4.69) is 26.7 Å². The Hall–Kier alpha value is -4.04. The van der Waals surface area contributed by atoms with Gasteiger partial charge in [-0.25, -0.2) is 4.98 Å². The Kier molecular flexibility index (Phi) is 6.54. The molecular weight excluding hydrogens is 442 g/mol. The molecule has 1 atom stereocenters. The quantitative estimate of drug-likeness (QED) is 0.430. The molecule has 2 aromatic carbocycles. The molecule has 5 rings (SSSR count). The predicted octanol–water partition coefficient (Wildman–Crippen LogP) is 3.68. The van der Waals surface area contributed by atoms with Crippen LogP contribution in [-0.4, -0.2) is 39.5 Å². The molecule has 178 valence electrons. The van der Waals surface area contributed by atoms with E-state index >= 15 is 0 Å². The van der Waals surface area contributed by atoms with E-state index in [1.165, 1.54) is 12.5 Å². The Labute approximate surface area is 203 Å². The van der Waals surface area contributed by atoms with Gasteiger partial charge in [-0.05, 0) is 41.8 Å². The SMILES string of the molecule is CC(=O)Nc1cc(C(=O)NC[C@H]2OCCc3ccccc32)cc2ncn(CCc3ccccn3)c12. The molecule has 2 N–H and O–H groups in total. The van der Waals surface area contributed by atoms with Gasteiger partial charge in [-0.15, -0.1) is 0 Å². The molecular formula is C27H27N5O3. The van der Waals surface area contributed by atoms with Gasteiger partial charge in [-0.2, -0.15) is 0 Å². The first-order valence-corrected chi connectivity index (χ1v) is 11.7. The molecule has 2 amide bonds. The zero-order valence-corrected chi connectivity index (χ0v) is 19.5. The van der Waals surface area contributed by atoms with Crippen LogP contribution in [0.1, 0.15) is 40.2 Å². The monoisotopic (exact) mass is 469 g/mol. The van der Waals surface area contributed by atoms with Gasteiger partial charge in [0.1, 0.15) is 6.10 Å². The second-order valence-corrected chi connectivity index (χ2v) is 8.60. The number of benzene rings is 2. The van der Waals surface area contributed by atoms with Gasteiger partial charge >= 0.3 is 0 Å². The summed E-state index contributed by atoms with van der Waals surface area (Å²) in [5.41, 5.74) is 5.73. The molecule has 2 aromatic heterocycles. The number of aryl methyl sites for hydroxylation is 2. The van der Waals surface area contributed by atoms with Crippen LogP contribution in [0, 0.1) is 0 Å². The van der Waals surface area contributed by atoms with E-state index in [0.717, 1.165) is 29.6 Å². The molecule has 0 saturated carbocycles. The number of fused-ring (bicyclic) bond motifs is 2. The molecule has 0 fully saturated rings. The average Bonchev–Trinajstić information content (AvgIpc) is 3.29. The number of aromatic nitrogens is 3. The fourth-order valence-electron chi connectivity index (χ4n) is 4.51. The minimum atomic E-state index is -0.242.